The van der Waals surface area contributed by atoms with E-state index in [9.17, 15) is 0 Å². The van der Waals surface area contributed by atoms with Gasteiger partial charge >= 0.3 is 0 Å². The summed E-state index contributed by atoms with van der Waals surface area (Å²) in [6.07, 6.45) is 8.16. The number of nitrogens with zero attached hydrogens (tertiary/aromatic N) is 2. The second kappa shape index (κ2) is 7.47. The van der Waals surface area contributed by atoms with Crippen LogP contribution >= 0.6 is 0 Å². The fraction of sp³-hybridized carbons (Fsp3) is 0.611. The number of aromatic nitrogens is 1. The molecule has 0 radical (unpaired) electrons. The van der Waals surface area contributed by atoms with Gasteiger partial charge in [-0.3, -0.25) is 0 Å². The van der Waals surface area contributed by atoms with E-state index >= 15 is 0 Å². The molecule has 0 bridgehead atoms. The van der Waals surface area contributed by atoms with Crippen molar-refractivity contribution < 1.29 is 0 Å². The lowest BCUT2D eigenvalue weighted by Gasteiger charge is -2.22. The zero-order valence-corrected chi connectivity index (χ0v) is 13.5. The van der Waals surface area contributed by atoms with Crippen molar-refractivity contribution in [2.75, 3.05) is 24.5 Å². The lowest BCUT2D eigenvalue weighted by molar-refractivity contribution is 0.551. The quantitative estimate of drug-likeness (QED) is 0.744. The molecule has 1 fully saturated rings. The van der Waals surface area contributed by atoms with Crippen molar-refractivity contribution in [2.45, 2.75) is 40.2 Å². The van der Waals surface area contributed by atoms with Gasteiger partial charge in [0.1, 0.15) is 5.82 Å². The summed E-state index contributed by atoms with van der Waals surface area (Å²) in [5.74, 6) is 5.25. The molecule has 1 aromatic heterocycles. The molecule has 3 heteroatoms. The summed E-state index contributed by atoms with van der Waals surface area (Å²) in [6, 6.07) is 4.29. The van der Waals surface area contributed by atoms with E-state index in [1.54, 1.807) is 0 Å². The monoisotopic (exact) mass is 285 g/mol. The predicted molar refractivity (Wildman–Crippen MR) is 89.3 cm³/mol. The Morgan fingerprint density at radius 3 is 2.76 bits per heavy atom. The summed E-state index contributed by atoms with van der Waals surface area (Å²) in [7, 11) is 0. The summed E-state index contributed by atoms with van der Waals surface area (Å²) in [6.45, 7) is 10.1. The normalized spacial score (nSPS) is 14.2. The minimum absolute atomic E-state index is 0.647. The minimum atomic E-state index is 0.647. The molecule has 0 saturated heterocycles. The molecule has 1 aliphatic rings. The van der Waals surface area contributed by atoms with Crippen LogP contribution in [0.25, 0.3) is 0 Å². The molecule has 21 heavy (non-hydrogen) atoms. The standard InChI is InChI=1S/C18H27N3/c1-5-10-21(13-16-6-7-16)18-9-8-17(15(4)20-18)12-19-11-14(2)3/h1,8-9,14,16,19H,6-7,10-13H2,2-4H3. The molecule has 1 saturated carbocycles. The van der Waals surface area contributed by atoms with Crippen LogP contribution in [0.1, 0.15) is 37.9 Å². The van der Waals surface area contributed by atoms with Crippen LogP contribution < -0.4 is 10.2 Å². The first-order valence-electron chi connectivity index (χ1n) is 7.95. The Morgan fingerprint density at radius 2 is 2.19 bits per heavy atom. The molecule has 0 unspecified atom stereocenters. The Morgan fingerprint density at radius 1 is 1.43 bits per heavy atom. The van der Waals surface area contributed by atoms with E-state index in [1.807, 2.05) is 0 Å². The second-order valence-electron chi connectivity index (χ2n) is 6.47. The van der Waals surface area contributed by atoms with E-state index in [0.29, 0.717) is 12.5 Å². The van der Waals surface area contributed by atoms with Crippen molar-refractivity contribution in [3.8, 4) is 12.3 Å². The first-order chi connectivity index (χ1) is 10.1. The Hall–Kier alpha value is -1.53. The van der Waals surface area contributed by atoms with Crippen LogP contribution in [0.4, 0.5) is 5.82 Å². The number of anilines is 1. The van der Waals surface area contributed by atoms with Crippen LogP contribution in [0.5, 0.6) is 0 Å². The van der Waals surface area contributed by atoms with Gasteiger partial charge in [0, 0.05) is 18.8 Å². The Bertz CT molecular complexity index is 498. The number of nitrogens with one attached hydrogen (secondary N) is 1. The van der Waals surface area contributed by atoms with Crippen LogP contribution in [0.2, 0.25) is 0 Å². The molecule has 0 aliphatic heterocycles. The van der Waals surface area contributed by atoms with Crippen molar-refractivity contribution >= 4 is 5.82 Å². The average Bonchev–Trinajstić information content (AvgIpc) is 3.24. The zero-order chi connectivity index (χ0) is 15.2. The molecule has 0 spiro atoms. The molecule has 114 valence electrons. The number of rotatable bonds is 8. The molecule has 1 aliphatic carbocycles. The first kappa shape index (κ1) is 15.9. The van der Waals surface area contributed by atoms with E-state index in [1.165, 1.54) is 18.4 Å². The number of hydrogen-bond donors (Lipinski definition) is 1. The number of pyridine rings is 1. The highest BCUT2D eigenvalue weighted by molar-refractivity contribution is 5.43. The third-order valence-electron chi connectivity index (χ3n) is 3.83. The van der Waals surface area contributed by atoms with Crippen molar-refractivity contribution in [1.29, 1.82) is 0 Å². The van der Waals surface area contributed by atoms with Gasteiger partial charge in [0.05, 0.1) is 6.54 Å². The average molecular weight is 285 g/mol. The lowest BCUT2D eigenvalue weighted by Crippen LogP contribution is -2.27. The van der Waals surface area contributed by atoms with Crippen molar-refractivity contribution in [1.82, 2.24) is 10.3 Å². The van der Waals surface area contributed by atoms with Crippen molar-refractivity contribution in [3.63, 3.8) is 0 Å². The van der Waals surface area contributed by atoms with Crippen molar-refractivity contribution in [2.24, 2.45) is 11.8 Å². The summed E-state index contributed by atoms with van der Waals surface area (Å²) >= 11 is 0. The minimum Gasteiger partial charge on any atom is -0.345 e. The second-order valence-corrected chi connectivity index (χ2v) is 6.47. The molecular formula is C18H27N3. The highest BCUT2D eigenvalue weighted by atomic mass is 15.2. The van der Waals surface area contributed by atoms with E-state index in [2.05, 4.69) is 49.0 Å². The molecule has 3 nitrogen and oxygen atoms in total. The van der Waals surface area contributed by atoms with Crippen molar-refractivity contribution in [3.05, 3.63) is 23.4 Å². The molecule has 1 N–H and O–H groups in total. The summed E-state index contributed by atoms with van der Waals surface area (Å²) < 4.78 is 0. The van der Waals surface area contributed by atoms with Crippen LogP contribution in [0.15, 0.2) is 12.1 Å². The van der Waals surface area contributed by atoms with E-state index in [0.717, 1.165) is 37.1 Å². The van der Waals surface area contributed by atoms with Gasteiger partial charge < -0.3 is 10.2 Å². The number of hydrogen-bond acceptors (Lipinski definition) is 3. The van der Waals surface area contributed by atoms with Gasteiger partial charge in [-0.15, -0.1) is 6.42 Å². The van der Waals surface area contributed by atoms with Gasteiger partial charge in [0.15, 0.2) is 0 Å². The van der Waals surface area contributed by atoms with Gasteiger partial charge in [0.2, 0.25) is 0 Å². The third kappa shape index (κ3) is 5.06. The van der Waals surface area contributed by atoms with E-state index < -0.39 is 0 Å². The third-order valence-corrected chi connectivity index (χ3v) is 3.83. The molecule has 0 aromatic carbocycles. The molecule has 0 atom stereocenters. The predicted octanol–water partition coefficient (Wildman–Crippen LogP) is 2.99. The highest BCUT2D eigenvalue weighted by Crippen LogP contribution is 2.31. The smallest absolute Gasteiger partial charge is 0.129 e. The van der Waals surface area contributed by atoms with E-state index in [-0.39, 0.29) is 0 Å². The molecular weight excluding hydrogens is 258 g/mol. The number of aryl methyl sites for hydroxylation is 1. The van der Waals surface area contributed by atoms with Crippen LogP contribution in [-0.4, -0.2) is 24.6 Å². The Labute approximate surface area is 129 Å². The fourth-order valence-electron chi connectivity index (χ4n) is 2.40. The number of terminal acetylenes is 1. The summed E-state index contributed by atoms with van der Waals surface area (Å²) in [4.78, 5) is 6.99. The van der Waals surface area contributed by atoms with Crippen LogP contribution in [0.3, 0.4) is 0 Å². The molecule has 1 aromatic rings. The van der Waals surface area contributed by atoms with Gasteiger partial charge in [-0.1, -0.05) is 25.8 Å². The van der Waals surface area contributed by atoms with E-state index in [4.69, 9.17) is 11.4 Å². The molecule has 1 heterocycles. The maximum Gasteiger partial charge on any atom is 0.129 e. The summed E-state index contributed by atoms with van der Waals surface area (Å²) in [5.41, 5.74) is 2.37. The van der Waals surface area contributed by atoms with Crippen LogP contribution in [0, 0.1) is 31.1 Å². The Kier molecular flexibility index (Phi) is 5.64. The lowest BCUT2D eigenvalue weighted by atomic mass is 10.1. The first-order valence-corrected chi connectivity index (χ1v) is 7.95. The van der Waals surface area contributed by atoms with Gasteiger partial charge in [-0.05, 0) is 49.8 Å². The van der Waals surface area contributed by atoms with Gasteiger partial charge in [-0.2, -0.15) is 0 Å². The van der Waals surface area contributed by atoms with Gasteiger partial charge in [0.25, 0.3) is 0 Å². The Balaban J connectivity index is 2.00. The maximum absolute atomic E-state index is 5.50. The van der Waals surface area contributed by atoms with Gasteiger partial charge in [-0.25, -0.2) is 4.98 Å². The molecule has 2 rings (SSSR count). The largest absolute Gasteiger partial charge is 0.345 e. The van der Waals surface area contributed by atoms with Crippen LogP contribution in [-0.2, 0) is 6.54 Å². The maximum atomic E-state index is 5.50. The molecule has 0 amide bonds. The highest BCUT2D eigenvalue weighted by Gasteiger charge is 2.24. The SMILES string of the molecule is C#CCN(CC1CC1)c1ccc(CNCC(C)C)c(C)n1. The zero-order valence-electron chi connectivity index (χ0n) is 13.5. The fourth-order valence-corrected chi connectivity index (χ4v) is 2.40. The summed E-state index contributed by atoms with van der Waals surface area (Å²) in [5, 5.41) is 3.47. The topological polar surface area (TPSA) is 28.2 Å².